The number of rotatable bonds is 6. The van der Waals surface area contributed by atoms with Gasteiger partial charge in [-0.3, -0.25) is 0 Å². The standard InChI is InChI=1S/C11H23N3O2S/c1-2-7-14(10-11-3-4-11)17(15,16)13-8-5-12-6-9-13/h11-12H,2-10H2,1H3. The molecule has 0 bridgehead atoms. The highest BCUT2D eigenvalue weighted by Gasteiger charge is 2.34. The Morgan fingerprint density at radius 2 is 1.94 bits per heavy atom. The minimum absolute atomic E-state index is 0.604. The van der Waals surface area contributed by atoms with Crippen LogP contribution in [0.4, 0.5) is 0 Å². The first kappa shape index (κ1) is 13.3. The number of nitrogens with one attached hydrogen (secondary N) is 1. The molecular formula is C11H23N3O2S. The van der Waals surface area contributed by atoms with Gasteiger partial charge in [0.1, 0.15) is 0 Å². The molecule has 0 amide bonds. The van der Waals surface area contributed by atoms with Crippen molar-refractivity contribution < 1.29 is 8.42 Å². The molecule has 0 spiro atoms. The van der Waals surface area contributed by atoms with Gasteiger partial charge in [-0.1, -0.05) is 6.92 Å². The van der Waals surface area contributed by atoms with Crippen molar-refractivity contribution in [1.82, 2.24) is 13.9 Å². The fourth-order valence-corrected chi connectivity index (χ4v) is 3.96. The first-order chi connectivity index (χ1) is 8.14. The molecule has 1 heterocycles. The lowest BCUT2D eigenvalue weighted by molar-refractivity contribution is 0.306. The van der Waals surface area contributed by atoms with Gasteiger partial charge in [0, 0.05) is 39.3 Å². The van der Waals surface area contributed by atoms with Crippen LogP contribution in [0.3, 0.4) is 0 Å². The van der Waals surface area contributed by atoms with E-state index in [9.17, 15) is 8.42 Å². The highest BCUT2D eigenvalue weighted by molar-refractivity contribution is 7.86. The molecule has 1 saturated heterocycles. The third-order valence-corrected chi connectivity index (χ3v) is 5.36. The molecule has 0 atom stereocenters. The number of piperazine rings is 1. The van der Waals surface area contributed by atoms with Gasteiger partial charge in [-0.2, -0.15) is 17.0 Å². The van der Waals surface area contributed by atoms with Crippen LogP contribution in [0.25, 0.3) is 0 Å². The van der Waals surface area contributed by atoms with Crippen molar-refractivity contribution in [3.8, 4) is 0 Å². The summed E-state index contributed by atoms with van der Waals surface area (Å²) in [6, 6.07) is 0. The molecule has 1 aliphatic carbocycles. The fourth-order valence-electron chi connectivity index (χ4n) is 2.18. The van der Waals surface area contributed by atoms with Crippen LogP contribution < -0.4 is 5.32 Å². The zero-order chi connectivity index (χ0) is 12.3. The topological polar surface area (TPSA) is 52.7 Å². The number of hydrogen-bond acceptors (Lipinski definition) is 3. The molecule has 1 aliphatic heterocycles. The summed E-state index contributed by atoms with van der Waals surface area (Å²) in [4.78, 5) is 0. The largest absolute Gasteiger partial charge is 0.314 e. The second kappa shape index (κ2) is 5.65. The monoisotopic (exact) mass is 261 g/mol. The van der Waals surface area contributed by atoms with Crippen LogP contribution in [0.2, 0.25) is 0 Å². The quantitative estimate of drug-likeness (QED) is 0.746. The van der Waals surface area contributed by atoms with Crippen LogP contribution in [-0.4, -0.2) is 56.3 Å². The zero-order valence-corrected chi connectivity index (χ0v) is 11.4. The SMILES string of the molecule is CCCN(CC1CC1)S(=O)(=O)N1CCNCC1. The Kier molecular flexibility index (Phi) is 4.41. The summed E-state index contributed by atoms with van der Waals surface area (Å²) in [5.41, 5.74) is 0. The molecule has 0 radical (unpaired) electrons. The van der Waals surface area contributed by atoms with Crippen LogP contribution in [0, 0.1) is 5.92 Å². The van der Waals surface area contributed by atoms with E-state index in [0.29, 0.717) is 25.6 Å². The summed E-state index contributed by atoms with van der Waals surface area (Å²) < 4.78 is 28.2. The Labute approximate surface area is 104 Å². The molecule has 2 aliphatic rings. The first-order valence-electron chi connectivity index (χ1n) is 6.60. The third kappa shape index (κ3) is 3.40. The Bertz CT molecular complexity index is 335. The van der Waals surface area contributed by atoms with Gasteiger partial charge in [-0.15, -0.1) is 0 Å². The van der Waals surface area contributed by atoms with Crippen molar-refractivity contribution in [3.63, 3.8) is 0 Å². The lowest BCUT2D eigenvalue weighted by atomic mass is 10.4. The lowest BCUT2D eigenvalue weighted by Gasteiger charge is -2.32. The predicted molar refractivity (Wildman–Crippen MR) is 68.0 cm³/mol. The van der Waals surface area contributed by atoms with E-state index in [2.05, 4.69) is 5.32 Å². The summed E-state index contributed by atoms with van der Waals surface area (Å²) in [7, 11) is -3.21. The van der Waals surface area contributed by atoms with E-state index >= 15 is 0 Å². The van der Waals surface area contributed by atoms with E-state index in [1.165, 1.54) is 12.8 Å². The minimum atomic E-state index is -3.21. The van der Waals surface area contributed by atoms with E-state index in [1.807, 2.05) is 6.92 Å². The molecule has 0 aromatic heterocycles. The van der Waals surface area contributed by atoms with E-state index in [4.69, 9.17) is 0 Å². The predicted octanol–water partition coefficient (Wildman–Crippen LogP) is 0.258. The van der Waals surface area contributed by atoms with Crippen LogP contribution in [0.5, 0.6) is 0 Å². The Morgan fingerprint density at radius 1 is 1.29 bits per heavy atom. The Hall–Kier alpha value is -0.170. The Balaban J connectivity index is 2.02. The summed E-state index contributed by atoms with van der Waals surface area (Å²) in [5, 5.41) is 3.19. The molecule has 0 aromatic rings. The minimum Gasteiger partial charge on any atom is -0.314 e. The van der Waals surface area contributed by atoms with Crippen LogP contribution in [0.1, 0.15) is 26.2 Å². The molecule has 6 heteroatoms. The van der Waals surface area contributed by atoms with Crippen molar-refractivity contribution in [2.24, 2.45) is 5.92 Å². The van der Waals surface area contributed by atoms with Gasteiger partial charge in [-0.25, -0.2) is 0 Å². The van der Waals surface area contributed by atoms with E-state index in [0.717, 1.165) is 26.1 Å². The van der Waals surface area contributed by atoms with Crippen LogP contribution in [-0.2, 0) is 10.2 Å². The highest BCUT2D eigenvalue weighted by Crippen LogP contribution is 2.31. The van der Waals surface area contributed by atoms with E-state index < -0.39 is 10.2 Å². The van der Waals surface area contributed by atoms with Crippen molar-refractivity contribution >= 4 is 10.2 Å². The van der Waals surface area contributed by atoms with Gasteiger partial charge in [0.15, 0.2) is 0 Å². The molecule has 5 nitrogen and oxygen atoms in total. The van der Waals surface area contributed by atoms with Gasteiger partial charge in [0.05, 0.1) is 0 Å². The number of nitrogens with zero attached hydrogens (tertiary/aromatic N) is 2. The maximum absolute atomic E-state index is 12.5. The second-order valence-corrected chi connectivity index (χ2v) is 6.89. The number of hydrogen-bond donors (Lipinski definition) is 1. The van der Waals surface area contributed by atoms with Crippen LogP contribution >= 0.6 is 0 Å². The maximum Gasteiger partial charge on any atom is 0.282 e. The molecular weight excluding hydrogens is 238 g/mol. The van der Waals surface area contributed by atoms with Crippen molar-refractivity contribution in [2.45, 2.75) is 26.2 Å². The molecule has 2 rings (SSSR count). The molecule has 1 N–H and O–H groups in total. The summed E-state index contributed by atoms with van der Waals surface area (Å²) in [6.45, 7) is 6.15. The lowest BCUT2D eigenvalue weighted by Crippen LogP contribution is -2.52. The molecule has 17 heavy (non-hydrogen) atoms. The fraction of sp³-hybridized carbons (Fsp3) is 1.00. The zero-order valence-electron chi connectivity index (χ0n) is 10.6. The summed E-state index contributed by atoms with van der Waals surface area (Å²) in [6.07, 6.45) is 3.27. The van der Waals surface area contributed by atoms with Gasteiger partial charge in [0.2, 0.25) is 0 Å². The molecule has 0 aromatic carbocycles. The second-order valence-electron chi connectivity index (χ2n) is 4.96. The van der Waals surface area contributed by atoms with Crippen LogP contribution in [0.15, 0.2) is 0 Å². The highest BCUT2D eigenvalue weighted by atomic mass is 32.2. The molecule has 2 fully saturated rings. The first-order valence-corrected chi connectivity index (χ1v) is 8.00. The molecule has 1 saturated carbocycles. The normalized spacial score (nSPS) is 23.2. The smallest absolute Gasteiger partial charge is 0.282 e. The third-order valence-electron chi connectivity index (χ3n) is 3.36. The van der Waals surface area contributed by atoms with Gasteiger partial charge in [0.25, 0.3) is 10.2 Å². The Morgan fingerprint density at radius 3 is 2.47 bits per heavy atom. The summed E-state index contributed by atoms with van der Waals surface area (Å²) in [5.74, 6) is 0.610. The van der Waals surface area contributed by atoms with Crippen molar-refractivity contribution in [3.05, 3.63) is 0 Å². The molecule has 100 valence electrons. The van der Waals surface area contributed by atoms with Gasteiger partial charge in [-0.05, 0) is 25.2 Å². The molecule has 0 unspecified atom stereocenters. The van der Waals surface area contributed by atoms with E-state index in [1.54, 1.807) is 8.61 Å². The maximum atomic E-state index is 12.5. The van der Waals surface area contributed by atoms with Gasteiger partial charge < -0.3 is 5.32 Å². The summed E-state index contributed by atoms with van der Waals surface area (Å²) >= 11 is 0. The average Bonchev–Trinajstić information content (AvgIpc) is 3.14. The van der Waals surface area contributed by atoms with E-state index in [-0.39, 0.29) is 0 Å². The average molecular weight is 261 g/mol. The van der Waals surface area contributed by atoms with Crippen molar-refractivity contribution in [1.29, 1.82) is 0 Å². The van der Waals surface area contributed by atoms with Crippen molar-refractivity contribution in [2.75, 3.05) is 39.3 Å². The van der Waals surface area contributed by atoms with Gasteiger partial charge >= 0.3 is 0 Å².